The van der Waals surface area contributed by atoms with E-state index in [0.29, 0.717) is 19.4 Å². The molecule has 2 rings (SSSR count). The molecule has 0 aliphatic carbocycles. The lowest BCUT2D eigenvalue weighted by atomic mass is 10.2. The predicted octanol–water partition coefficient (Wildman–Crippen LogP) is 1.39. The second kappa shape index (κ2) is 6.74. The van der Waals surface area contributed by atoms with Gasteiger partial charge in [-0.3, -0.25) is 4.79 Å². The van der Waals surface area contributed by atoms with Crippen LogP contribution in [0, 0.1) is 3.57 Å². The Labute approximate surface area is 134 Å². The smallest absolute Gasteiger partial charge is 0.337 e. The lowest BCUT2D eigenvalue weighted by molar-refractivity contribution is -0.119. The van der Waals surface area contributed by atoms with Crippen LogP contribution in [0.2, 0.25) is 0 Å². The highest BCUT2D eigenvalue weighted by Crippen LogP contribution is 2.18. The third-order valence-electron chi connectivity index (χ3n) is 3.05. The maximum atomic E-state index is 11.8. The molecule has 112 valence electrons. The van der Waals surface area contributed by atoms with Gasteiger partial charge in [0.2, 0.25) is 5.91 Å². The summed E-state index contributed by atoms with van der Waals surface area (Å²) in [7, 11) is 0. The summed E-state index contributed by atoms with van der Waals surface area (Å²) < 4.78 is 0.768. The molecule has 7 nitrogen and oxygen atoms in total. The van der Waals surface area contributed by atoms with Crippen molar-refractivity contribution in [2.45, 2.75) is 18.9 Å². The van der Waals surface area contributed by atoms with E-state index >= 15 is 0 Å². The second-order valence-electron chi connectivity index (χ2n) is 4.63. The second-order valence-corrected chi connectivity index (χ2v) is 5.88. The first-order valence-electron chi connectivity index (χ1n) is 6.33. The third-order valence-corrected chi connectivity index (χ3v) is 3.73. The number of carbonyl (C=O) groups excluding carboxylic acids is 2. The van der Waals surface area contributed by atoms with Gasteiger partial charge < -0.3 is 21.1 Å². The molecule has 0 bridgehead atoms. The minimum Gasteiger partial charge on any atom is -0.478 e. The van der Waals surface area contributed by atoms with Gasteiger partial charge in [0, 0.05) is 22.6 Å². The minimum atomic E-state index is -1.10. The maximum absolute atomic E-state index is 11.8. The van der Waals surface area contributed by atoms with E-state index in [0.717, 1.165) is 3.57 Å². The number of carboxylic acid groups (broad SMARTS) is 1. The number of carboxylic acids is 1. The topological polar surface area (TPSA) is 108 Å². The fourth-order valence-electron chi connectivity index (χ4n) is 2.02. The summed E-state index contributed by atoms with van der Waals surface area (Å²) in [5, 5.41) is 17.0. The average molecular weight is 403 g/mol. The summed E-state index contributed by atoms with van der Waals surface area (Å²) in [6, 6.07) is 4.16. The molecule has 1 heterocycles. The van der Waals surface area contributed by atoms with Crippen LogP contribution in [0.5, 0.6) is 0 Å². The minimum absolute atomic E-state index is 0.0204. The van der Waals surface area contributed by atoms with Gasteiger partial charge >= 0.3 is 12.0 Å². The van der Waals surface area contributed by atoms with Crippen LogP contribution in [0.25, 0.3) is 0 Å². The summed E-state index contributed by atoms with van der Waals surface area (Å²) in [6.45, 7) is 0.310. The maximum Gasteiger partial charge on any atom is 0.337 e. The number of nitrogens with one attached hydrogen (secondary N) is 3. The van der Waals surface area contributed by atoms with E-state index in [2.05, 4.69) is 16.0 Å². The Bertz CT molecular complexity index is 591. The van der Waals surface area contributed by atoms with Crippen LogP contribution < -0.4 is 16.0 Å². The van der Waals surface area contributed by atoms with Crippen LogP contribution in [-0.2, 0) is 4.79 Å². The van der Waals surface area contributed by atoms with E-state index in [1.165, 1.54) is 6.07 Å². The fourth-order valence-corrected chi connectivity index (χ4v) is 2.51. The first kappa shape index (κ1) is 15.5. The number of urea groups is 1. The molecule has 0 radical (unpaired) electrons. The number of hydrogen-bond acceptors (Lipinski definition) is 3. The van der Waals surface area contributed by atoms with Crippen LogP contribution >= 0.6 is 22.6 Å². The molecule has 0 spiro atoms. The van der Waals surface area contributed by atoms with Gasteiger partial charge in [-0.15, -0.1) is 0 Å². The lowest BCUT2D eigenvalue weighted by Gasteiger charge is -2.13. The van der Waals surface area contributed by atoms with Crippen molar-refractivity contribution in [1.29, 1.82) is 0 Å². The number of halogens is 1. The Morgan fingerprint density at radius 1 is 1.43 bits per heavy atom. The summed E-state index contributed by atoms with van der Waals surface area (Å²) in [5.74, 6) is -1.13. The van der Waals surface area contributed by atoms with Crippen molar-refractivity contribution in [3.05, 3.63) is 27.3 Å². The van der Waals surface area contributed by atoms with Crippen molar-refractivity contribution in [3.8, 4) is 0 Å². The number of carbonyl (C=O) groups is 3. The number of rotatable bonds is 4. The van der Waals surface area contributed by atoms with E-state index < -0.39 is 12.0 Å². The number of amides is 3. The van der Waals surface area contributed by atoms with E-state index in [4.69, 9.17) is 5.11 Å². The molecular formula is C13H14IN3O4. The molecule has 1 saturated heterocycles. The summed E-state index contributed by atoms with van der Waals surface area (Å²) >= 11 is 2.00. The first-order chi connectivity index (χ1) is 9.95. The van der Waals surface area contributed by atoms with Gasteiger partial charge in [0.15, 0.2) is 0 Å². The van der Waals surface area contributed by atoms with Crippen molar-refractivity contribution in [2.24, 2.45) is 0 Å². The van der Waals surface area contributed by atoms with E-state index in [1.54, 1.807) is 12.1 Å². The molecule has 3 amide bonds. The highest BCUT2D eigenvalue weighted by atomic mass is 127. The highest BCUT2D eigenvalue weighted by Gasteiger charge is 2.21. The van der Waals surface area contributed by atoms with E-state index in [9.17, 15) is 14.4 Å². The summed E-state index contributed by atoms with van der Waals surface area (Å²) in [5.41, 5.74) is 0.266. The van der Waals surface area contributed by atoms with Gasteiger partial charge in [-0.2, -0.15) is 0 Å². The first-order valence-corrected chi connectivity index (χ1v) is 7.40. The Morgan fingerprint density at radius 2 is 2.19 bits per heavy atom. The predicted molar refractivity (Wildman–Crippen MR) is 84.3 cm³/mol. The quantitative estimate of drug-likeness (QED) is 0.570. The molecule has 1 aromatic carbocycles. The molecule has 1 atom stereocenters. The van der Waals surface area contributed by atoms with Crippen molar-refractivity contribution in [2.75, 3.05) is 11.9 Å². The Balaban J connectivity index is 1.93. The summed E-state index contributed by atoms with van der Waals surface area (Å²) in [6.07, 6.45) is 1.15. The molecular weight excluding hydrogens is 389 g/mol. The van der Waals surface area contributed by atoms with Gasteiger partial charge in [-0.1, -0.05) is 0 Å². The van der Waals surface area contributed by atoms with Gasteiger partial charge in [0.25, 0.3) is 0 Å². The summed E-state index contributed by atoms with van der Waals surface area (Å²) in [4.78, 5) is 34.0. The molecule has 0 aromatic heterocycles. The van der Waals surface area contributed by atoms with Crippen molar-refractivity contribution in [3.63, 3.8) is 0 Å². The highest BCUT2D eigenvalue weighted by molar-refractivity contribution is 14.1. The molecule has 1 aromatic rings. The molecule has 1 fully saturated rings. The fraction of sp³-hybridized carbons (Fsp3) is 0.308. The number of anilines is 1. The van der Waals surface area contributed by atoms with Gasteiger partial charge in [0.1, 0.15) is 0 Å². The lowest BCUT2D eigenvalue weighted by Crippen LogP contribution is -2.40. The molecule has 21 heavy (non-hydrogen) atoms. The largest absolute Gasteiger partial charge is 0.478 e. The monoisotopic (exact) mass is 403 g/mol. The molecule has 1 aliphatic rings. The molecule has 0 saturated carbocycles. The zero-order chi connectivity index (χ0) is 15.4. The average Bonchev–Trinajstić information content (AvgIpc) is 2.84. The van der Waals surface area contributed by atoms with Crippen LogP contribution in [0.4, 0.5) is 10.5 Å². The van der Waals surface area contributed by atoms with Gasteiger partial charge in [-0.25, -0.2) is 9.59 Å². The van der Waals surface area contributed by atoms with Crippen LogP contribution in [0.3, 0.4) is 0 Å². The van der Waals surface area contributed by atoms with Crippen molar-refractivity contribution in [1.82, 2.24) is 10.6 Å². The van der Waals surface area contributed by atoms with E-state index in [1.807, 2.05) is 22.6 Å². The normalized spacial score (nSPS) is 17.2. The zero-order valence-electron chi connectivity index (χ0n) is 11.0. The van der Waals surface area contributed by atoms with Gasteiger partial charge in [0.05, 0.1) is 11.3 Å². The SMILES string of the molecule is O=C1CCC(CNC(=O)Nc2ccc(I)cc2C(=O)O)N1. The number of benzene rings is 1. The molecule has 4 N–H and O–H groups in total. The van der Waals surface area contributed by atoms with Crippen LogP contribution in [0.1, 0.15) is 23.2 Å². The van der Waals surface area contributed by atoms with Gasteiger partial charge in [-0.05, 0) is 47.2 Å². The van der Waals surface area contributed by atoms with Crippen molar-refractivity contribution >= 4 is 46.2 Å². The third kappa shape index (κ3) is 4.31. The zero-order valence-corrected chi connectivity index (χ0v) is 13.1. The molecule has 1 unspecified atom stereocenters. The molecule has 1 aliphatic heterocycles. The Hall–Kier alpha value is -1.84. The number of aromatic carboxylic acids is 1. The van der Waals surface area contributed by atoms with E-state index in [-0.39, 0.29) is 23.2 Å². The number of hydrogen-bond donors (Lipinski definition) is 4. The Kier molecular flexibility index (Phi) is 4.99. The molecule has 8 heteroatoms. The Morgan fingerprint density at radius 3 is 2.81 bits per heavy atom. The van der Waals surface area contributed by atoms with Crippen LogP contribution in [-0.4, -0.2) is 35.6 Å². The van der Waals surface area contributed by atoms with Crippen molar-refractivity contribution < 1.29 is 19.5 Å². The van der Waals surface area contributed by atoms with Crippen LogP contribution in [0.15, 0.2) is 18.2 Å². The standard InChI is InChI=1S/C13H14IN3O4/c14-7-1-3-10(9(5-7)12(19)20)17-13(21)15-6-8-2-4-11(18)16-8/h1,3,5,8H,2,4,6H2,(H,16,18)(H,19,20)(H2,15,17,21).